The van der Waals surface area contributed by atoms with Gasteiger partial charge in [0.2, 0.25) is 9.84 Å². The number of sulfone groups is 1. The van der Waals surface area contributed by atoms with E-state index in [1.165, 1.54) is 0 Å². The normalized spacial score (nSPS) is 25.6. The highest BCUT2D eigenvalue weighted by Gasteiger charge is 2.27. The molecule has 4 nitrogen and oxygen atoms in total. The quantitative estimate of drug-likeness (QED) is 0.766. The molecule has 2 aliphatic rings. The highest BCUT2D eigenvalue weighted by atomic mass is 79.9. The lowest BCUT2D eigenvalue weighted by Gasteiger charge is -2.00. The van der Waals surface area contributed by atoms with E-state index in [0.717, 1.165) is 18.2 Å². The van der Waals surface area contributed by atoms with Crippen LogP contribution in [0.3, 0.4) is 0 Å². The summed E-state index contributed by atoms with van der Waals surface area (Å²) in [6.07, 6.45) is 2.28. The van der Waals surface area contributed by atoms with Gasteiger partial charge >= 0.3 is 0 Å². The first-order chi connectivity index (χ1) is 6.08. The van der Waals surface area contributed by atoms with Gasteiger partial charge in [-0.25, -0.2) is 13.4 Å². The zero-order chi connectivity index (χ0) is 9.47. The minimum atomic E-state index is -3.23. The van der Waals surface area contributed by atoms with Crippen molar-refractivity contribution in [3.63, 3.8) is 0 Å². The van der Waals surface area contributed by atoms with Crippen molar-refractivity contribution < 1.29 is 8.42 Å². The molecule has 0 aromatic heterocycles. The third-order valence-electron chi connectivity index (χ3n) is 1.93. The van der Waals surface area contributed by atoms with Crippen LogP contribution in [0.15, 0.2) is 15.0 Å². The molecule has 0 spiro atoms. The van der Waals surface area contributed by atoms with E-state index in [1.54, 1.807) is 0 Å². The molecule has 0 aromatic carbocycles. The first-order valence-electron chi connectivity index (χ1n) is 4.01. The third-order valence-corrected chi connectivity index (χ3v) is 4.07. The van der Waals surface area contributed by atoms with Crippen molar-refractivity contribution in [1.29, 1.82) is 0 Å². The Kier molecular flexibility index (Phi) is 2.29. The third kappa shape index (κ3) is 2.18. The molecule has 0 radical (unpaired) electrons. The summed E-state index contributed by atoms with van der Waals surface area (Å²) in [7, 11) is -3.23. The van der Waals surface area contributed by atoms with Gasteiger partial charge in [-0.1, -0.05) is 0 Å². The maximum Gasteiger partial charge on any atom is 0.217 e. The number of nitrogens with zero attached hydrogens (tertiary/aromatic N) is 1. The fourth-order valence-corrected chi connectivity index (χ4v) is 3.09. The van der Waals surface area contributed by atoms with E-state index in [0.29, 0.717) is 17.2 Å². The van der Waals surface area contributed by atoms with E-state index in [4.69, 9.17) is 0 Å². The standard InChI is InChI=1S/C7H9BrN2O2S/c8-6-4-13(11,12)7(10-6)3-9-5-1-2-5/h4-5,9H,1-3H2. The van der Waals surface area contributed by atoms with Crippen molar-refractivity contribution in [2.24, 2.45) is 4.99 Å². The highest BCUT2D eigenvalue weighted by molar-refractivity contribution is 9.11. The second kappa shape index (κ2) is 3.18. The molecule has 13 heavy (non-hydrogen) atoms. The molecule has 1 aliphatic heterocycles. The van der Waals surface area contributed by atoms with E-state index in [1.807, 2.05) is 0 Å². The maximum atomic E-state index is 11.3. The number of nitrogens with one attached hydrogen (secondary N) is 1. The Balaban J connectivity index is 2.03. The highest BCUT2D eigenvalue weighted by Crippen LogP contribution is 2.21. The van der Waals surface area contributed by atoms with Crippen LogP contribution in [0, 0.1) is 0 Å². The van der Waals surface area contributed by atoms with Crippen LogP contribution in [0.2, 0.25) is 0 Å². The van der Waals surface area contributed by atoms with Crippen LogP contribution < -0.4 is 5.32 Å². The molecule has 0 amide bonds. The van der Waals surface area contributed by atoms with E-state index in [9.17, 15) is 8.42 Å². The molecule has 0 saturated heterocycles. The van der Waals surface area contributed by atoms with Crippen molar-refractivity contribution in [2.75, 3.05) is 6.54 Å². The molecule has 0 atom stereocenters. The van der Waals surface area contributed by atoms with Gasteiger partial charge in [0.15, 0.2) is 5.04 Å². The van der Waals surface area contributed by atoms with Crippen LogP contribution in [0.1, 0.15) is 12.8 Å². The Bertz CT molecular complexity index is 381. The minimum absolute atomic E-state index is 0.214. The molecule has 1 saturated carbocycles. The van der Waals surface area contributed by atoms with Gasteiger partial charge in [0.25, 0.3) is 0 Å². The second-order valence-electron chi connectivity index (χ2n) is 3.15. The molecule has 1 fully saturated rings. The summed E-state index contributed by atoms with van der Waals surface area (Å²) in [6.45, 7) is 0.346. The molecule has 1 N–H and O–H groups in total. The number of hydrogen-bond acceptors (Lipinski definition) is 4. The second-order valence-corrected chi connectivity index (χ2v) is 5.76. The smallest absolute Gasteiger partial charge is 0.217 e. The van der Waals surface area contributed by atoms with Gasteiger partial charge in [-0.2, -0.15) is 0 Å². The summed E-state index contributed by atoms with van der Waals surface area (Å²) in [6, 6.07) is 0.497. The molecule has 0 unspecified atom stereocenters. The summed E-state index contributed by atoms with van der Waals surface area (Å²) >= 11 is 3.04. The zero-order valence-electron chi connectivity index (χ0n) is 6.83. The van der Waals surface area contributed by atoms with Crippen LogP contribution in [0.5, 0.6) is 0 Å². The Hall–Kier alpha value is -0.200. The molecule has 0 aromatic rings. The zero-order valence-corrected chi connectivity index (χ0v) is 9.23. The molecule has 2 rings (SSSR count). The first kappa shape index (κ1) is 9.36. The molecule has 6 heteroatoms. The van der Waals surface area contributed by atoms with Crippen molar-refractivity contribution in [2.45, 2.75) is 18.9 Å². The van der Waals surface area contributed by atoms with Crippen molar-refractivity contribution in [3.05, 3.63) is 10.0 Å². The topological polar surface area (TPSA) is 58.5 Å². The molecule has 1 heterocycles. The van der Waals surface area contributed by atoms with Gasteiger partial charge < -0.3 is 5.32 Å². The van der Waals surface area contributed by atoms with Gasteiger partial charge in [-0.05, 0) is 28.8 Å². The van der Waals surface area contributed by atoms with Crippen molar-refractivity contribution in [1.82, 2.24) is 5.32 Å². The van der Waals surface area contributed by atoms with Gasteiger partial charge in [0.05, 0.1) is 5.41 Å². The van der Waals surface area contributed by atoms with Crippen LogP contribution in [-0.2, 0) is 9.84 Å². The van der Waals surface area contributed by atoms with Crippen LogP contribution >= 0.6 is 15.9 Å². The summed E-state index contributed by atoms with van der Waals surface area (Å²) < 4.78 is 23.0. The Morgan fingerprint density at radius 1 is 1.62 bits per heavy atom. The lowest BCUT2D eigenvalue weighted by atomic mass is 10.6. The number of halogens is 1. The Labute approximate surface area is 85.2 Å². The van der Waals surface area contributed by atoms with E-state index < -0.39 is 9.84 Å². The van der Waals surface area contributed by atoms with Crippen molar-refractivity contribution in [3.8, 4) is 0 Å². The SMILES string of the molecule is O=S1(=O)C=C(Br)N=C1CNC1CC1. The molecule has 1 aliphatic carbocycles. The fourth-order valence-electron chi connectivity index (χ4n) is 1.06. The summed E-state index contributed by atoms with van der Waals surface area (Å²) in [4.78, 5) is 3.88. The van der Waals surface area contributed by atoms with Gasteiger partial charge in [0.1, 0.15) is 4.61 Å². The molecular formula is C7H9BrN2O2S. The predicted octanol–water partition coefficient (Wildman–Crippen LogP) is 0.759. The maximum absolute atomic E-state index is 11.3. The number of aliphatic imine (C=N–C) groups is 1. The van der Waals surface area contributed by atoms with Crippen LogP contribution in [0.25, 0.3) is 0 Å². The summed E-state index contributed by atoms with van der Waals surface area (Å²) in [5.74, 6) is 0. The van der Waals surface area contributed by atoms with Gasteiger partial charge in [-0.3, -0.25) is 0 Å². The molecule has 72 valence electrons. The van der Waals surface area contributed by atoms with Crippen LogP contribution in [0.4, 0.5) is 0 Å². The molecular weight excluding hydrogens is 256 g/mol. The number of hydrogen-bond donors (Lipinski definition) is 1. The average molecular weight is 265 g/mol. The first-order valence-corrected chi connectivity index (χ1v) is 6.35. The Morgan fingerprint density at radius 3 is 2.77 bits per heavy atom. The largest absolute Gasteiger partial charge is 0.308 e. The summed E-state index contributed by atoms with van der Waals surface area (Å²) in [5.41, 5.74) is 0. The van der Waals surface area contributed by atoms with E-state index in [2.05, 4.69) is 26.2 Å². The predicted molar refractivity (Wildman–Crippen MR) is 54.4 cm³/mol. The average Bonchev–Trinajstić information content (AvgIpc) is 2.75. The van der Waals surface area contributed by atoms with Crippen molar-refractivity contribution >= 4 is 30.8 Å². The van der Waals surface area contributed by atoms with Gasteiger partial charge in [0, 0.05) is 12.6 Å². The Morgan fingerprint density at radius 2 is 2.31 bits per heavy atom. The lowest BCUT2D eigenvalue weighted by molar-refractivity contribution is 0.614. The monoisotopic (exact) mass is 264 g/mol. The van der Waals surface area contributed by atoms with Gasteiger partial charge in [-0.15, -0.1) is 0 Å². The molecule has 0 bridgehead atoms. The summed E-state index contributed by atoms with van der Waals surface area (Å²) in [5, 5.41) is 4.46. The van der Waals surface area contributed by atoms with Crippen LogP contribution in [-0.4, -0.2) is 26.0 Å². The number of rotatable bonds is 3. The van der Waals surface area contributed by atoms with E-state index in [-0.39, 0.29) is 5.04 Å². The minimum Gasteiger partial charge on any atom is -0.308 e. The fraction of sp³-hybridized carbons (Fsp3) is 0.571. The lowest BCUT2D eigenvalue weighted by Crippen LogP contribution is -2.27. The van der Waals surface area contributed by atoms with E-state index >= 15 is 0 Å².